The number of H-pyrrole nitrogens is 1. The van der Waals surface area contributed by atoms with Crippen LogP contribution in [0, 0.1) is 5.92 Å². The van der Waals surface area contributed by atoms with Crippen LogP contribution in [0.15, 0.2) is 17.6 Å². The molecule has 0 aromatic carbocycles. The van der Waals surface area contributed by atoms with Gasteiger partial charge in [0.2, 0.25) is 5.91 Å². The van der Waals surface area contributed by atoms with E-state index in [9.17, 15) is 9.59 Å². The molecule has 0 spiro atoms. The number of piperidine rings is 1. The average Bonchev–Trinajstić information content (AvgIpc) is 3.24. The minimum absolute atomic E-state index is 0.0247. The number of methoxy groups -OCH3 is 1. The number of amides is 1. The SMILES string of the molecule is COC(=O)c1cc(-c2csc(NC(=O)C3CCNCC3)n2)c[nH]1. The van der Waals surface area contributed by atoms with Crippen LogP contribution in [0.25, 0.3) is 11.3 Å². The molecule has 1 fully saturated rings. The van der Waals surface area contributed by atoms with Crippen molar-refractivity contribution in [1.29, 1.82) is 0 Å². The van der Waals surface area contributed by atoms with Gasteiger partial charge in [0.15, 0.2) is 5.13 Å². The molecule has 8 heteroatoms. The predicted molar refractivity (Wildman–Crippen MR) is 87.5 cm³/mol. The Morgan fingerprint density at radius 2 is 2.17 bits per heavy atom. The third-order valence-corrected chi connectivity index (χ3v) is 4.59. The Morgan fingerprint density at radius 3 is 2.91 bits per heavy atom. The normalized spacial score (nSPS) is 15.3. The van der Waals surface area contributed by atoms with Gasteiger partial charge in [0.1, 0.15) is 5.69 Å². The predicted octanol–water partition coefficient (Wildman–Crippen LogP) is 1.86. The lowest BCUT2D eigenvalue weighted by Gasteiger charge is -2.20. The summed E-state index contributed by atoms with van der Waals surface area (Å²) in [5.74, 6) is -0.357. The summed E-state index contributed by atoms with van der Waals surface area (Å²) in [6, 6.07) is 1.68. The van der Waals surface area contributed by atoms with Crippen molar-refractivity contribution < 1.29 is 14.3 Å². The topological polar surface area (TPSA) is 96.1 Å². The average molecular weight is 334 g/mol. The quantitative estimate of drug-likeness (QED) is 0.742. The molecule has 0 unspecified atom stereocenters. The van der Waals surface area contributed by atoms with Gasteiger partial charge < -0.3 is 20.4 Å². The van der Waals surface area contributed by atoms with Crippen LogP contribution < -0.4 is 10.6 Å². The highest BCUT2D eigenvalue weighted by Crippen LogP contribution is 2.26. The number of esters is 1. The molecule has 1 amide bonds. The molecule has 3 N–H and O–H groups in total. The van der Waals surface area contributed by atoms with E-state index in [1.807, 2.05) is 5.38 Å². The van der Waals surface area contributed by atoms with Crippen LogP contribution in [-0.4, -0.2) is 42.0 Å². The standard InChI is InChI=1S/C15H18N4O3S/c1-22-14(21)11-6-10(7-17-11)12-8-23-15(18-12)19-13(20)9-2-4-16-5-3-9/h6-9,16-17H,2-5H2,1H3,(H,18,19,20). The molecule has 122 valence electrons. The molecule has 0 aliphatic carbocycles. The first kappa shape index (κ1) is 15.7. The fourth-order valence-corrected chi connectivity index (χ4v) is 3.25. The first-order valence-corrected chi connectivity index (χ1v) is 8.29. The lowest BCUT2D eigenvalue weighted by Crippen LogP contribution is -2.34. The zero-order chi connectivity index (χ0) is 16.2. The number of nitrogens with one attached hydrogen (secondary N) is 3. The molecule has 0 radical (unpaired) electrons. The van der Waals surface area contributed by atoms with E-state index in [0.717, 1.165) is 31.5 Å². The molecule has 1 aliphatic heterocycles. The van der Waals surface area contributed by atoms with Gasteiger partial charge in [-0.05, 0) is 32.0 Å². The molecule has 3 heterocycles. The number of aromatic amines is 1. The number of hydrogen-bond acceptors (Lipinski definition) is 6. The molecule has 0 bridgehead atoms. The largest absolute Gasteiger partial charge is 0.464 e. The van der Waals surface area contributed by atoms with Crippen LogP contribution in [0.1, 0.15) is 23.3 Å². The van der Waals surface area contributed by atoms with E-state index < -0.39 is 5.97 Å². The maximum absolute atomic E-state index is 12.2. The van der Waals surface area contributed by atoms with Crippen LogP contribution in [0.2, 0.25) is 0 Å². The van der Waals surface area contributed by atoms with Crippen molar-refractivity contribution in [3.63, 3.8) is 0 Å². The maximum Gasteiger partial charge on any atom is 0.354 e. The Hall–Kier alpha value is -2.19. The smallest absolute Gasteiger partial charge is 0.354 e. The molecular weight excluding hydrogens is 316 g/mol. The molecule has 7 nitrogen and oxygen atoms in total. The minimum atomic E-state index is -0.425. The summed E-state index contributed by atoms with van der Waals surface area (Å²) in [6.07, 6.45) is 3.40. The van der Waals surface area contributed by atoms with E-state index >= 15 is 0 Å². The molecule has 23 heavy (non-hydrogen) atoms. The van der Waals surface area contributed by atoms with Crippen LogP contribution >= 0.6 is 11.3 Å². The Labute approximate surface area is 137 Å². The van der Waals surface area contributed by atoms with Crippen LogP contribution in [-0.2, 0) is 9.53 Å². The van der Waals surface area contributed by atoms with Crippen molar-refractivity contribution in [2.75, 3.05) is 25.5 Å². The minimum Gasteiger partial charge on any atom is -0.464 e. The summed E-state index contributed by atoms with van der Waals surface area (Å²) >= 11 is 1.37. The Kier molecular flexibility index (Phi) is 4.73. The van der Waals surface area contributed by atoms with Gasteiger partial charge in [0.25, 0.3) is 0 Å². The summed E-state index contributed by atoms with van der Waals surface area (Å²) in [7, 11) is 1.33. The van der Waals surface area contributed by atoms with Gasteiger partial charge in [0.05, 0.1) is 12.8 Å². The molecule has 1 saturated heterocycles. The number of anilines is 1. The van der Waals surface area contributed by atoms with Gasteiger partial charge in [-0.2, -0.15) is 0 Å². The van der Waals surface area contributed by atoms with Crippen molar-refractivity contribution >= 4 is 28.3 Å². The van der Waals surface area contributed by atoms with Gasteiger partial charge >= 0.3 is 5.97 Å². The second kappa shape index (κ2) is 6.93. The number of carbonyl (C=O) groups is 2. The van der Waals surface area contributed by atoms with Gasteiger partial charge in [0, 0.05) is 23.1 Å². The van der Waals surface area contributed by atoms with E-state index in [1.165, 1.54) is 18.4 Å². The summed E-state index contributed by atoms with van der Waals surface area (Å²) in [4.78, 5) is 30.9. The first-order valence-electron chi connectivity index (χ1n) is 7.41. The summed E-state index contributed by atoms with van der Waals surface area (Å²) in [5, 5.41) is 8.55. The highest BCUT2D eigenvalue weighted by Gasteiger charge is 2.22. The van der Waals surface area contributed by atoms with Crippen molar-refractivity contribution in [2.24, 2.45) is 5.92 Å². The Morgan fingerprint density at radius 1 is 1.39 bits per heavy atom. The van der Waals surface area contributed by atoms with Gasteiger partial charge in [-0.25, -0.2) is 9.78 Å². The fourth-order valence-electron chi connectivity index (χ4n) is 2.53. The number of carbonyl (C=O) groups excluding carboxylic acids is 2. The van der Waals surface area contributed by atoms with Gasteiger partial charge in [-0.15, -0.1) is 11.3 Å². The second-order valence-electron chi connectivity index (χ2n) is 5.35. The third kappa shape index (κ3) is 3.59. The van der Waals surface area contributed by atoms with Crippen LogP contribution in [0.5, 0.6) is 0 Å². The fraction of sp³-hybridized carbons (Fsp3) is 0.400. The van der Waals surface area contributed by atoms with Gasteiger partial charge in [-0.3, -0.25) is 4.79 Å². The lowest BCUT2D eigenvalue weighted by atomic mass is 9.97. The van der Waals surface area contributed by atoms with E-state index in [-0.39, 0.29) is 11.8 Å². The highest BCUT2D eigenvalue weighted by molar-refractivity contribution is 7.14. The van der Waals surface area contributed by atoms with Crippen molar-refractivity contribution in [1.82, 2.24) is 15.3 Å². The zero-order valence-corrected chi connectivity index (χ0v) is 13.5. The monoisotopic (exact) mass is 334 g/mol. The van der Waals surface area contributed by atoms with E-state index in [1.54, 1.807) is 12.3 Å². The van der Waals surface area contributed by atoms with E-state index in [2.05, 4.69) is 25.3 Å². The van der Waals surface area contributed by atoms with Gasteiger partial charge in [-0.1, -0.05) is 0 Å². The molecule has 2 aromatic rings. The number of ether oxygens (including phenoxy) is 1. The van der Waals surface area contributed by atoms with Crippen molar-refractivity contribution in [3.8, 4) is 11.3 Å². The number of thiazole rings is 1. The first-order chi connectivity index (χ1) is 11.2. The molecule has 0 atom stereocenters. The molecule has 1 aliphatic rings. The van der Waals surface area contributed by atoms with Crippen LogP contribution in [0.3, 0.4) is 0 Å². The summed E-state index contributed by atoms with van der Waals surface area (Å²) in [5.41, 5.74) is 1.86. The Balaban J connectivity index is 1.66. The third-order valence-electron chi connectivity index (χ3n) is 3.83. The zero-order valence-electron chi connectivity index (χ0n) is 12.7. The number of aromatic nitrogens is 2. The van der Waals surface area contributed by atoms with Crippen molar-refractivity contribution in [3.05, 3.63) is 23.3 Å². The molecular formula is C15H18N4O3S. The maximum atomic E-state index is 12.2. The molecule has 3 rings (SSSR count). The number of hydrogen-bond donors (Lipinski definition) is 3. The van der Waals surface area contributed by atoms with Crippen LogP contribution in [0.4, 0.5) is 5.13 Å². The Bertz CT molecular complexity index is 703. The second-order valence-corrected chi connectivity index (χ2v) is 6.20. The molecule has 2 aromatic heterocycles. The highest BCUT2D eigenvalue weighted by atomic mass is 32.1. The summed E-state index contributed by atoms with van der Waals surface area (Å²) in [6.45, 7) is 1.75. The van der Waals surface area contributed by atoms with Crippen molar-refractivity contribution in [2.45, 2.75) is 12.8 Å². The molecule has 0 saturated carbocycles. The number of rotatable bonds is 4. The van der Waals surface area contributed by atoms with E-state index in [0.29, 0.717) is 16.5 Å². The summed E-state index contributed by atoms with van der Waals surface area (Å²) < 4.78 is 4.66. The van der Waals surface area contributed by atoms with E-state index in [4.69, 9.17) is 0 Å². The number of nitrogens with zero attached hydrogens (tertiary/aromatic N) is 1. The lowest BCUT2D eigenvalue weighted by molar-refractivity contribution is -0.120.